The zero-order chi connectivity index (χ0) is 37.1. The normalized spacial score (nSPS) is 11.7. The number of hydrogen-bond donors (Lipinski definition) is 3. The van der Waals surface area contributed by atoms with Gasteiger partial charge in [0.1, 0.15) is 17.5 Å². The maximum atomic E-state index is 15.8. The Morgan fingerprint density at radius 3 is 1.15 bits per heavy atom. The lowest BCUT2D eigenvalue weighted by Crippen LogP contribution is -1.94. The van der Waals surface area contributed by atoms with E-state index in [-0.39, 0.29) is 66.8 Å². The van der Waals surface area contributed by atoms with Crippen molar-refractivity contribution in [2.24, 2.45) is 0 Å². The summed E-state index contributed by atoms with van der Waals surface area (Å²) in [5.41, 5.74) is 0.696. The van der Waals surface area contributed by atoms with Gasteiger partial charge in [0.25, 0.3) is 17.1 Å². The smallest absolute Gasteiger partial charge is 0.270 e. The van der Waals surface area contributed by atoms with Gasteiger partial charge in [-0.2, -0.15) is 0 Å². The Bertz CT molecular complexity index is 2890. The third-order valence-electron chi connectivity index (χ3n) is 8.87. The molecule has 0 amide bonds. The number of halogens is 3. The summed E-state index contributed by atoms with van der Waals surface area (Å²) in [5, 5.41) is 35.3. The number of nitrogens with zero attached hydrogens (tertiary/aromatic N) is 4. The maximum absolute atomic E-state index is 15.8. The molecule has 0 fully saturated rings. The Morgan fingerprint density at radius 2 is 0.755 bits per heavy atom. The summed E-state index contributed by atoms with van der Waals surface area (Å²) in [6.07, 6.45) is 3.19. The van der Waals surface area contributed by atoms with Gasteiger partial charge in [0.2, 0.25) is 0 Å². The van der Waals surface area contributed by atoms with Crippen LogP contribution in [-0.4, -0.2) is 34.7 Å². The molecule has 0 spiro atoms. The average Bonchev–Trinajstić information content (AvgIpc) is 3.96. The largest absolute Gasteiger partial charge is 0.354 e. The molecule has 7 aromatic rings. The van der Waals surface area contributed by atoms with Crippen molar-refractivity contribution in [3.05, 3.63) is 150 Å². The fourth-order valence-corrected chi connectivity index (χ4v) is 6.46. The van der Waals surface area contributed by atoms with Gasteiger partial charge in [0, 0.05) is 97.4 Å². The van der Waals surface area contributed by atoms with Crippen molar-refractivity contribution < 1.29 is 27.9 Å². The highest BCUT2D eigenvalue weighted by molar-refractivity contribution is 6.01. The van der Waals surface area contributed by atoms with E-state index in [1.807, 2.05) is 0 Å². The van der Waals surface area contributed by atoms with Crippen LogP contribution in [0.1, 0.15) is 11.4 Å². The van der Waals surface area contributed by atoms with Crippen molar-refractivity contribution in [2.75, 3.05) is 0 Å². The highest BCUT2D eigenvalue weighted by Gasteiger charge is 2.22. The molecule has 53 heavy (non-hydrogen) atoms. The second kappa shape index (κ2) is 12.3. The predicted octanol–water partition coefficient (Wildman–Crippen LogP) is 9.84. The van der Waals surface area contributed by atoms with Gasteiger partial charge in [0.05, 0.1) is 31.7 Å². The minimum absolute atomic E-state index is 0.0691. The summed E-state index contributed by atoms with van der Waals surface area (Å²) in [6.45, 7) is 0. The zero-order valence-electron chi connectivity index (χ0n) is 26.7. The quantitative estimate of drug-likeness (QED) is 0.113. The summed E-state index contributed by atoms with van der Waals surface area (Å²) in [6, 6.07) is 18.5. The first-order valence-corrected chi connectivity index (χ1v) is 15.6. The average molecular weight is 716 g/mol. The van der Waals surface area contributed by atoms with Crippen LogP contribution in [0, 0.1) is 47.8 Å². The number of aromatic nitrogens is 4. The van der Waals surface area contributed by atoms with Gasteiger partial charge in [0.15, 0.2) is 0 Å². The van der Waals surface area contributed by atoms with Gasteiger partial charge < -0.3 is 15.0 Å². The molecule has 0 radical (unpaired) electrons. The van der Waals surface area contributed by atoms with Crippen LogP contribution in [0.5, 0.6) is 0 Å². The molecule has 0 saturated carbocycles. The first kappa shape index (κ1) is 32.6. The van der Waals surface area contributed by atoms with Crippen molar-refractivity contribution in [1.82, 2.24) is 19.9 Å². The van der Waals surface area contributed by atoms with Crippen molar-refractivity contribution in [3.63, 3.8) is 0 Å². The summed E-state index contributed by atoms with van der Waals surface area (Å²) < 4.78 is 47.1. The molecule has 13 nitrogen and oxygen atoms in total. The number of H-pyrrole nitrogens is 3. The number of nitro groups is 3. The molecular formula is C37H20F3N7O6. The fourth-order valence-electron chi connectivity index (χ4n) is 6.46. The Morgan fingerprint density at radius 1 is 0.434 bits per heavy atom. The van der Waals surface area contributed by atoms with Crippen molar-refractivity contribution in [1.29, 1.82) is 0 Å². The molecule has 0 saturated heterocycles. The van der Waals surface area contributed by atoms with E-state index in [2.05, 4.69) is 15.0 Å². The molecule has 5 heterocycles. The SMILES string of the molecule is O=[N+]([O-])c1ccc(F)c(-c2c3nc(c4ccc([nH]4)c(-c4cc([N+](=O)[O-])ccc4F)c4ccc([nH]4)c(-c4cc([N+](=O)[O-])ccc4F)c4ccc2[nH]4)C=C3)c1. The maximum Gasteiger partial charge on any atom is 0.270 e. The molecule has 0 aliphatic carbocycles. The number of nitrogens with one attached hydrogen (secondary N) is 3. The van der Waals surface area contributed by atoms with Crippen LogP contribution in [0.4, 0.5) is 30.2 Å². The van der Waals surface area contributed by atoms with Gasteiger partial charge in [-0.1, -0.05) is 0 Å². The second-order valence-corrected chi connectivity index (χ2v) is 12.0. The molecule has 0 atom stereocenters. The first-order chi connectivity index (χ1) is 25.5. The van der Waals surface area contributed by atoms with E-state index in [4.69, 9.17) is 4.98 Å². The molecule has 8 bridgehead atoms. The Hall–Kier alpha value is -7.62. The standard InChI is InChI=1S/C37H20F3N7O6/c38-24-4-1-18(45(48)49)15-21(24)35-29-9-7-27(41-29)28-8-10-30(42-28)36(22-16-19(46(50)51)2-5-25(22)39)32-12-14-34(44-32)37(33-13-11-31(35)43-33)23-17-20(47(52)53)3-6-26(23)40/h1-17,41,43-44H. The highest BCUT2D eigenvalue weighted by atomic mass is 19.1. The number of hydrogen-bond acceptors (Lipinski definition) is 7. The van der Waals surface area contributed by atoms with E-state index in [0.717, 1.165) is 54.6 Å². The molecule has 1 aliphatic heterocycles. The third kappa shape index (κ3) is 5.59. The lowest BCUT2D eigenvalue weighted by Gasteiger charge is -2.07. The van der Waals surface area contributed by atoms with Crippen LogP contribution < -0.4 is 0 Å². The minimum Gasteiger partial charge on any atom is -0.354 e. The van der Waals surface area contributed by atoms with Crippen LogP contribution in [0.15, 0.2) is 91.0 Å². The third-order valence-corrected chi connectivity index (χ3v) is 8.87. The molecule has 4 aromatic heterocycles. The summed E-state index contributed by atoms with van der Waals surface area (Å²) in [5.74, 6) is -2.42. The number of rotatable bonds is 6. The summed E-state index contributed by atoms with van der Waals surface area (Å²) in [4.78, 5) is 47.5. The monoisotopic (exact) mass is 715 g/mol. The van der Waals surface area contributed by atoms with Crippen LogP contribution in [0.25, 0.3) is 78.6 Å². The number of benzene rings is 3. The van der Waals surface area contributed by atoms with Gasteiger partial charge in [-0.05, 0) is 66.7 Å². The molecule has 16 heteroatoms. The number of fused-ring (bicyclic) bond motifs is 9. The number of non-ortho nitro benzene ring substituents is 3. The number of nitro benzene ring substituents is 3. The minimum atomic E-state index is -0.838. The summed E-state index contributed by atoms with van der Waals surface area (Å²) in [7, 11) is 0. The van der Waals surface area contributed by atoms with E-state index < -0.39 is 43.6 Å². The van der Waals surface area contributed by atoms with Crippen LogP contribution in [0.2, 0.25) is 0 Å². The number of aromatic amines is 3. The topological polar surface area (TPSA) is 190 Å². The second-order valence-electron chi connectivity index (χ2n) is 12.0. The Kier molecular flexibility index (Phi) is 7.56. The van der Waals surface area contributed by atoms with E-state index in [9.17, 15) is 30.3 Å². The van der Waals surface area contributed by atoms with Gasteiger partial charge in [-0.25, -0.2) is 18.2 Å². The molecule has 1 aliphatic rings. The van der Waals surface area contributed by atoms with E-state index in [1.165, 1.54) is 18.2 Å². The highest BCUT2D eigenvalue weighted by Crippen LogP contribution is 2.39. The van der Waals surface area contributed by atoms with E-state index in [1.54, 1.807) is 30.4 Å². The molecule has 3 N–H and O–H groups in total. The lowest BCUT2D eigenvalue weighted by molar-refractivity contribution is -0.385. The van der Waals surface area contributed by atoms with Gasteiger partial charge >= 0.3 is 0 Å². The molecule has 8 rings (SSSR count). The van der Waals surface area contributed by atoms with Crippen LogP contribution in [-0.2, 0) is 0 Å². The van der Waals surface area contributed by atoms with Crippen molar-refractivity contribution in [2.45, 2.75) is 0 Å². The fraction of sp³-hybridized carbons (Fsp3) is 0. The van der Waals surface area contributed by atoms with Gasteiger partial charge in [-0.3, -0.25) is 30.3 Å². The molecule has 3 aromatic carbocycles. The zero-order valence-corrected chi connectivity index (χ0v) is 26.7. The predicted molar refractivity (Wildman–Crippen MR) is 191 cm³/mol. The van der Waals surface area contributed by atoms with Crippen LogP contribution in [0.3, 0.4) is 0 Å². The van der Waals surface area contributed by atoms with E-state index >= 15 is 13.2 Å². The molecule has 0 unspecified atom stereocenters. The Labute approximate surface area is 293 Å². The molecule has 260 valence electrons. The van der Waals surface area contributed by atoms with Crippen molar-refractivity contribution >= 4 is 62.3 Å². The Balaban J connectivity index is 1.58. The summed E-state index contributed by atoms with van der Waals surface area (Å²) >= 11 is 0. The van der Waals surface area contributed by atoms with Crippen LogP contribution >= 0.6 is 0 Å². The first-order valence-electron chi connectivity index (χ1n) is 15.6. The van der Waals surface area contributed by atoms with Crippen molar-refractivity contribution in [3.8, 4) is 33.4 Å². The van der Waals surface area contributed by atoms with Gasteiger partial charge in [-0.15, -0.1) is 0 Å². The van der Waals surface area contributed by atoms with E-state index in [0.29, 0.717) is 16.7 Å². The lowest BCUT2D eigenvalue weighted by atomic mass is 10.0. The molecular weight excluding hydrogens is 695 g/mol.